The number of fused-ring (bicyclic) bond motifs is 1. The van der Waals surface area contributed by atoms with Crippen molar-refractivity contribution >= 4 is 11.0 Å². The van der Waals surface area contributed by atoms with E-state index in [1.165, 1.54) is 0 Å². The highest BCUT2D eigenvalue weighted by atomic mass is 16.1. The first kappa shape index (κ1) is 15.6. The number of nitriles is 1. The number of pyridine rings is 1. The number of hydrogen-bond donors (Lipinski definition) is 1. The highest BCUT2D eigenvalue weighted by molar-refractivity contribution is 5.75. The lowest BCUT2D eigenvalue weighted by Gasteiger charge is -2.35. The molecule has 1 aromatic carbocycles. The molecule has 0 atom stereocenters. The lowest BCUT2D eigenvalue weighted by molar-refractivity contribution is 0.212. The molecule has 0 bridgehead atoms. The number of hydrogen-bond acceptors (Lipinski definition) is 3. The van der Waals surface area contributed by atoms with Gasteiger partial charge in [-0.1, -0.05) is 24.6 Å². The van der Waals surface area contributed by atoms with Crippen LogP contribution in [-0.4, -0.2) is 14.5 Å². The second-order valence-electron chi connectivity index (χ2n) is 7.06. The summed E-state index contributed by atoms with van der Waals surface area (Å²) >= 11 is 0. The third kappa shape index (κ3) is 2.74. The molecule has 1 N–H and O–H groups in total. The fraction of sp³-hybridized carbons (Fsp3) is 0.350. The van der Waals surface area contributed by atoms with Crippen molar-refractivity contribution in [2.45, 2.75) is 39.2 Å². The second-order valence-corrected chi connectivity index (χ2v) is 7.06. The first-order valence-electron chi connectivity index (χ1n) is 8.63. The Labute approximate surface area is 145 Å². The molecule has 1 aliphatic rings. The van der Waals surface area contributed by atoms with Crippen LogP contribution in [0, 0.1) is 23.7 Å². The van der Waals surface area contributed by atoms with E-state index in [-0.39, 0.29) is 11.1 Å². The van der Waals surface area contributed by atoms with Gasteiger partial charge in [0.1, 0.15) is 0 Å². The number of nitrogens with zero attached hydrogens (tertiary/aromatic N) is 3. The number of aromatic nitrogens is 3. The SMILES string of the molecule is Cc1cc(Cn2c(=O)[nH]c3ccccc32)cnc1CC1(C#N)CCC1. The molecule has 1 aliphatic carbocycles. The maximum atomic E-state index is 12.2. The molecular weight excluding hydrogens is 312 g/mol. The quantitative estimate of drug-likeness (QED) is 0.796. The normalized spacial score (nSPS) is 15.7. The first-order valence-corrected chi connectivity index (χ1v) is 8.63. The van der Waals surface area contributed by atoms with Gasteiger partial charge in [0.2, 0.25) is 0 Å². The van der Waals surface area contributed by atoms with Crippen LogP contribution >= 0.6 is 0 Å². The average molecular weight is 332 g/mol. The Bertz CT molecular complexity index is 1030. The number of para-hydroxylation sites is 2. The van der Waals surface area contributed by atoms with Crippen molar-refractivity contribution in [1.82, 2.24) is 14.5 Å². The molecule has 0 spiro atoms. The smallest absolute Gasteiger partial charge is 0.306 e. The fourth-order valence-electron chi connectivity index (χ4n) is 3.63. The van der Waals surface area contributed by atoms with Gasteiger partial charge in [-0.05, 0) is 43.0 Å². The number of aromatic amines is 1. The van der Waals surface area contributed by atoms with Crippen molar-refractivity contribution in [1.29, 1.82) is 5.26 Å². The standard InChI is InChI=1S/C20H20N4O/c1-14-9-15(11-22-17(14)10-20(13-21)7-4-8-20)12-24-18-6-3-2-5-16(18)23-19(24)25/h2-3,5-6,9,11H,4,7-8,10,12H2,1H3,(H,23,25). The van der Waals surface area contributed by atoms with Crippen molar-refractivity contribution in [3.8, 4) is 6.07 Å². The van der Waals surface area contributed by atoms with Gasteiger partial charge in [0.25, 0.3) is 0 Å². The Hall–Kier alpha value is -2.87. The Balaban J connectivity index is 1.62. The van der Waals surface area contributed by atoms with Crippen LogP contribution in [0.15, 0.2) is 41.3 Å². The van der Waals surface area contributed by atoms with Crippen LogP contribution in [0.4, 0.5) is 0 Å². The van der Waals surface area contributed by atoms with Gasteiger partial charge in [-0.2, -0.15) is 5.26 Å². The minimum absolute atomic E-state index is 0.110. The van der Waals surface area contributed by atoms with E-state index < -0.39 is 0 Å². The Morgan fingerprint density at radius 2 is 2.16 bits per heavy atom. The van der Waals surface area contributed by atoms with E-state index in [0.717, 1.165) is 53.5 Å². The van der Waals surface area contributed by atoms with Crippen LogP contribution in [0.5, 0.6) is 0 Å². The summed E-state index contributed by atoms with van der Waals surface area (Å²) in [7, 11) is 0. The van der Waals surface area contributed by atoms with Gasteiger partial charge in [-0.3, -0.25) is 9.55 Å². The maximum absolute atomic E-state index is 12.2. The van der Waals surface area contributed by atoms with E-state index >= 15 is 0 Å². The summed E-state index contributed by atoms with van der Waals surface area (Å²) in [5, 5.41) is 9.43. The number of rotatable bonds is 4. The second kappa shape index (κ2) is 5.89. The monoisotopic (exact) mass is 332 g/mol. The molecule has 4 rings (SSSR count). The van der Waals surface area contributed by atoms with Gasteiger partial charge in [0, 0.05) is 18.3 Å². The molecule has 3 aromatic rings. The minimum atomic E-state index is -0.215. The van der Waals surface area contributed by atoms with Crippen LogP contribution in [0.1, 0.15) is 36.1 Å². The predicted octanol–water partition coefficient (Wildman–Crippen LogP) is 3.32. The highest BCUT2D eigenvalue weighted by Gasteiger charge is 2.37. The largest absolute Gasteiger partial charge is 0.326 e. The number of H-pyrrole nitrogens is 1. The van der Waals surface area contributed by atoms with Crippen LogP contribution in [0.25, 0.3) is 11.0 Å². The summed E-state index contributed by atoms with van der Waals surface area (Å²) in [6.45, 7) is 2.52. The molecule has 1 fully saturated rings. The van der Waals surface area contributed by atoms with Gasteiger partial charge in [-0.25, -0.2) is 4.79 Å². The third-order valence-corrected chi connectivity index (χ3v) is 5.32. The summed E-state index contributed by atoms with van der Waals surface area (Å²) < 4.78 is 1.73. The van der Waals surface area contributed by atoms with E-state index in [4.69, 9.17) is 0 Å². The lowest BCUT2D eigenvalue weighted by Crippen LogP contribution is -2.30. The van der Waals surface area contributed by atoms with Crippen molar-refractivity contribution < 1.29 is 0 Å². The zero-order valence-corrected chi connectivity index (χ0v) is 14.2. The topological polar surface area (TPSA) is 74.5 Å². The molecular formula is C20H20N4O. The lowest BCUT2D eigenvalue weighted by atomic mass is 9.67. The van der Waals surface area contributed by atoms with Crippen molar-refractivity contribution in [3.63, 3.8) is 0 Å². The first-order chi connectivity index (χ1) is 12.1. The third-order valence-electron chi connectivity index (χ3n) is 5.32. The maximum Gasteiger partial charge on any atom is 0.326 e. The molecule has 0 unspecified atom stereocenters. The molecule has 25 heavy (non-hydrogen) atoms. The molecule has 0 amide bonds. The summed E-state index contributed by atoms with van der Waals surface area (Å²) in [5.74, 6) is 0. The Morgan fingerprint density at radius 1 is 1.36 bits per heavy atom. The molecule has 2 aromatic heterocycles. The highest BCUT2D eigenvalue weighted by Crippen LogP contribution is 2.43. The molecule has 126 valence electrons. The summed E-state index contributed by atoms with van der Waals surface area (Å²) in [5.41, 5.74) is 4.49. The van der Waals surface area contributed by atoms with Gasteiger partial charge in [0.05, 0.1) is 29.1 Å². The zero-order chi connectivity index (χ0) is 17.4. The predicted molar refractivity (Wildman–Crippen MR) is 96.2 cm³/mol. The van der Waals surface area contributed by atoms with Crippen LogP contribution in [0.2, 0.25) is 0 Å². The molecule has 2 heterocycles. The van der Waals surface area contributed by atoms with Crippen LogP contribution in [0.3, 0.4) is 0 Å². The molecule has 1 saturated carbocycles. The van der Waals surface area contributed by atoms with Crippen molar-refractivity contribution in [2.75, 3.05) is 0 Å². The van der Waals surface area contributed by atoms with Gasteiger partial charge in [0.15, 0.2) is 0 Å². The van der Waals surface area contributed by atoms with Crippen molar-refractivity contribution in [2.24, 2.45) is 5.41 Å². The van der Waals surface area contributed by atoms with Gasteiger partial charge >= 0.3 is 5.69 Å². The van der Waals surface area contributed by atoms with Gasteiger partial charge in [-0.15, -0.1) is 0 Å². The fourth-order valence-corrected chi connectivity index (χ4v) is 3.63. The average Bonchev–Trinajstić information content (AvgIpc) is 2.89. The van der Waals surface area contributed by atoms with E-state index in [0.29, 0.717) is 6.54 Å². The number of benzene rings is 1. The molecule has 0 aliphatic heterocycles. The van der Waals surface area contributed by atoms with E-state index in [2.05, 4.69) is 22.1 Å². The van der Waals surface area contributed by atoms with Crippen LogP contribution < -0.4 is 5.69 Å². The minimum Gasteiger partial charge on any atom is -0.306 e. The zero-order valence-electron chi connectivity index (χ0n) is 14.2. The van der Waals surface area contributed by atoms with E-state index in [1.54, 1.807) is 4.57 Å². The van der Waals surface area contributed by atoms with E-state index in [1.807, 2.05) is 37.4 Å². The van der Waals surface area contributed by atoms with Gasteiger partial charge < -0.3 is 4.98 Å². The van der Waals surface area contributed by atoms with E-state index in [9.17, 15) is 10.1 Å². The number of nitrogens with one attached hydrogen (secondary N) is 1. The summed E-state index contributed by atoms with van der Waals surface area (Å²) in [6.07, 6.45) is 5.63. The molecule has 0 radical (unpaired) electrons. The Kier molecular flexibility index (Phi) is 3.69. The molecule has 0 saturated heterocycles. The Morgan fingerprint density at radius 3 is 2.84 bits per heavy atom. The van der Waals surface area contributed by atoms with Crippen molar-refractivity contribution in [3.05, 3.63) is 63.8 Å². The summed E-state index contributed by atoms with van der Waals surface area (Å²) in [6, 6.07) is 12.2. The number of aryl methyl sites for hydroxylation is 1. The number of imidazole rings is 1. The van der Waals surface area contributed by atoms with Crippen LogP contribution in [-0.2, 0) is 13.0 Å². The summed E-state index contributed by atoms with van der Waals surface area (Å²) in [4.78, 5) is 19.7. The molecule has 5 heteroatoms. The molecule has 5 nitrogen and oxygen atoms in total.